The second-order valence-corrected chi connectivity index (χ2v) is 7.39. The van der Waals surface area contributed by atoms with Crippen molar-refractivity contribution in [1.82, 2.24) is 10.2 Å². The van der Waals surface area contributed by atoms with Gasteiger partial charge in [0.2, 0.25) is 5.91 Å². The van der Waals surface area contributed by atoms with Crippen molar-refractivity contribution in [2.24, 2.45) is 5.92 Å². The molecule has 1 saturated heterocycles. The molecule has 4 nitrogen and oxygen atoms in total. The van der Waals surface area contributed by atoms with Gasteiger partial charge in [-0.15, -0.1) is 0 Å². The first-order valence-electron chi connectivity index (χ1n) is 9.35. The van der Waals surface area contributed by atoms with Crippen LogP contribution in [0.15, 0.2) is 23.8 Å². The zero-order valence-corrected chi connectivity index (χ0v) is 15.4. The molecule has 1 aliphatic heterocycles. The minimum Gasteiger partial charge on any atom is -0.340 e. The van der Waals surface area contributed by atoms with E-state index in [-0.39, 0.29) is 23.7 Å². The van der Waals surface area contributed by atoms with Crippen LogP contribution in [-0.2, 0) is 9.59 Å². The molecule has 1 N–H and O–H groups in total. The molecule has 1 amide bonds. The summed E-state index contributed by atoms with van der Waals surface area (Å²) in [5.74, 6) is 0.403. The highest BCUT2D eigenvalue weighted by molar-refractivity contribution is 5.82. The number of amides is 1. The number of nitrogens with one attached hydrogen (secondary N) is 1. The number of carbonyl (C=O) groups excluding carboxylic acids is 2. The molecule has 3 atom stereocenters. The number of hydrogen-bond acceptors (Lipinski definition) is 3. The van der Waals surface area contributed by atoms with Gasteiger partial charge in [-0.05, 0) is 45.4 Å². The van der Waals surface area contributed by atoms with E-state index in [1.54, 1.807) is 6.92 Å². The fourth-order valence-corrected chi connectivity index (χ4v) is 3.77. The van der Waals surface area contributed by atoms with Gasteiger partial charge in [-0.1, -0.05) is 30.7 Å². The third kappa shape index (κ3) is 5.59. The van der Waals surface area contributed by atoms with Crippen molar-refractivity contribution in [2.75, 3.05) is 13.1 Å². The standard InChI is InChI=1S/C20H32N2O2/c1-15(12-19-10-7-11-22(19)17(3)23)20(24)14-21-16(2)13-18-8-5-4-6-9-18/h4-5,8,15-16,19,21H,6-7,9-14H2,1-3H3/t15-,16-,19+/m1/s1. The lowest BCUT2D eigenvalue weighted by Crippen LogP contribution is -2.38. The molecular formula is C20H32N2O2. The Hall–Kier alpha value is -1.42. The van der Waals surface area contributed by atoms with Crippen molar-refractivity contribution in [3.63, 3.8) is 0 Å². The Morgan fingerprint density at radius 3 is 2.83 bits per heavy atom. The summed E-state index contributed by atoms with van der Waals surface area (Å²) in [4.78, 5) is 26.0. The maximum Gasteiger partial charge on any atom is 0.219 e. The first-order valence-corrected chi connectivity index (χ1v) is 9.35. The molecular weight excluding hydrogens is 300 g/mol. The molecule has 4 heteroatoms. The average Bonchev–Trinajstić information content (AvgIpc) is 3.02. The maximum atomic E-state index is 12.4. The molecule has 1 fully saturated rings. The van der Waals surface area contributed by atoms with E-state index in [4.69, 9.17) is 0 Å². The first-order chi connectivity index (χ1) is 11.5. The molecule has 0 bridgehead atoms. The van der Waals surface area contributed by atoms with Gasteiger partial charge >= 0.3 is 0 Å². The molecule has 0 saturated carbocycles. The second-order valence-electron chi connectivity index (χ2n) is 7.39. The highest BCUT2D eigenvalue weighted by atomic mass is 16.2. The van der Waals surface area contributed by atoms with E-state index in [9.17, 15) is 9.59 Å². The Morgan fingerprint density at radius 1 is 1.38 bits per heavy atom. The molecule has 1 heterocycles. The molecule has 2 aliphatic rings. The van der Waals surface area contributed by atoms with E-state index in [2.05, 4.69) is 30.5 Å². The van der Waals surface area contributed by atoms with Crippen LogP contribution in [0.3, 0.4) is 0 Å². The predicted molar refractivity (Wildman–Crippen MR) is 97.7 cm³/mol. The van der Waals surface area contributed by atoms with Crippen molar-refractivity contribution in [1.29, 1.82) is 0 Å². The normalized spacial score (nSPS) is 23.0. The molecule has 24 heavy (non-hydrogen) atoms. The van der Waals surface area contributed by atoms with E-state index in [1.807, 2.05) is 11.8 Å². The molecule has 134 valence electrons. The largest absolute Gasteiger partial charge is 0.340 e. The fourth-order valence-electron chi connectivity index (χ4n) is 3.77. The molecule has 2 rings (SSSR count). The summed E-state index contributed by atoms with van der Waals surface area (Å²) in [7, 11) is 0. The molecule has 0 radical (unpaired) electrons. The van der Waals surface area contributed by atoms with Crippen LogP contribution in [0.25, 0.3) is 0 Å². The lowest BCUT2D eigenvalue weighted by Gasteiger charge is -2.26. The van der Waals surface area contributed by atoms with E-state index in [0.717, 1.165) is 45.1 Å². The van der Waals surface area contributed by atoms with Crippen LogP contribution in [0.4, 0.5) is 0 Å². The summed E-state index contributed by atoms with van der Waals surface area (Å²) < 4.78 is 0. The van der Waals surface area contributed by atoms with Gasteiger partial charge in [-0.3, -0.25) is 9.59 Å². The third-order valence-corrected chi connectivity index (χ3v) is 5.25. The number of nitrogens with zero attached hydrogens (tertiary/aromatic N) is 1. The molecule has 0 aromatic heterocycles. The van der Waals surface area contributed by atoms with Gasteiger partial charge in [-0.2, -0.15) is 0 Å². The van der Waals surface area contributed by atoms with Crippen LogP contribution in [0.1, 0.15) is 59.3 Å². The number of ketones is 1. The number of rotatable bonds is 8. The van der Waals surface area contributed by atoms with Crippen molar-refractivity contribution < 1.29 is 9.59 Å². The van der Waals surface area contributed by atoms with Gasteiger partial charge in [0.1, 0.15) is 5.78 Å². The van der Waals surface area contributed by atoms with Gasteiger partial charge in [0.05, 0.1) is 6.54 Å². The number of Topliss-reactive ketones (excluding diaryl/α,β-unsaturated/α-hetero) is 1. The fraction of sp³-hybridized carbons (Fsp3) is 0.700. The smallest absolute Gasteiger partial charge is 0.219 e. The summed E-state index contributed by atoms with van der Waals surface area (Å²) in [6.07, 6.45) is 12.7. The number of likely N-dealkylation sites (tertiary alicyclic amines) is 1. The van der Waals surface area contributed by atoms with E-state index >= 15 is 0 Å². The topological polar surface area (TPSA) is 49.4 Å². The summed E-state index contributed by atoms with van der Waals surface area (Å²) >= 11 is 0. The van der Waals surface area contributed by atoms with Gasteiger partial charge in [-0.25, -0.2) is 0 Å². The summed E-state index contributed by atoms with van der Waals surface area (Å²) in [6.45, 7) is 7.05. The Morgan fingerprint density at radius 2 is 2.17 bits per heavy atom. The Bertz CT molecular complexity index is 510. The van der Waals surface area contributed by atoms with E-state index in [0.29, 0.717) is 12.6 Å². The first kappa shape index (κ1) is 18.9. The number of hydrogen-bond donors (Lipinski definition) is 1. The third-order valence-electron chi connectivity index (χ3n) is 5.25. The predicted octanol–water partition coefficient (Wildman–Crippen LogP) is 3.24. The Labute approximate surface area is 146 Å². The van der Waals surface area contributed by atoms with Crippen LogP contribution in [0, 0.1) is 5.92 Å². The van der Waals surface area contributed by atoms with Crippen molar-refractivity contribution >= 4 is 11.7 Å². The lowest BCUT2D eigenvalue weighted by atomic mass is 9.95. The number of carbonyl (C=O) groups is 2. The van der Waals surface area contributed by atoms with Crippen molar-refractivity contribution in [3.8, 4) is 0 Å². The molecule has 0 spiro atoms. The highest BCUT2D eigenvalue weighted by Gasteiger charge is 2.29. The van der Waals surface area contributed by atoms with E-state index in [1.165, 1.54) is 5.57 Å². The van der Waals surface area contributed by atoms with Gasteiger partial charge in [0.25, 0.3) is 0 Å². The average molecular weight is 332 g/mol. The van der Waals surface area contributed by atoms with Gasteiger partial charge in [0, 0.05) is 31.5 Å². The van der Waals surface area contributed by atoms with Crippen LogP contribution < -0.4 is 5.32 Å². The summed E-state index contributed by atoms with van der Waals surface area (Å²) in [5, 5.41) is 3.37. The Kier molecular flexibility index (Phi) is 7.22. The van der Waals surface area contributed by atoms with Gasteiger partial charge < -0.3 is 10.2 Å². The minimum atomic E-state index is 0.00600. The Balaban J connectivity index is 1.72. The lowest BCUT2D eigenvalue weighted by molar-refractivity contribution is -0.131. The SMILES string of the molecule is CC(=O)N1CCC[C@H]1C[C@@H](C)C(=O)CN[C@H](C)CC1=CC=CCC1. The van der Waals surface area contributed by atoms with Crippen molar-refractivity contribution in [3.05, 3.63) is 23.8 Å². The molecule has 0 aromatic rings. The summed E-state index contributed by atoms with van der Waals surface area (Å²) in [6, 6.07) is 0.567. The monoisotopic (exact) mass is 332 g/mol. The quantitative estimate of drug-likeness (QED) is 0.742. The highest BCUT2D eigenvalue weighted by Crippen LogP contribution is 2.24. The zero-order chi connectivity index (χ0) is 17.5. The van der Waals surface area contributed by atoms with Gasteiger partial charge in [0.15, 0.2) is 0 Å². The molecule has 0 aromatic carbocycles. The second kappa shape index (κ2) is 9.16. The van der Waals surface area contributed by atoms with Crippen LogP contribution in [0.2, 0.25) is 0 Å². The summed E-state index contributed by atoms with van der Waals surface area (Å²) in [5.41, 5.74) is 1.46. The number of allylic oxidation sites excluding steroid dienone is 3. The van der Waals surface area contributed by atoms with Crippen LogP contribution in [-0.4, -0.2) is 41.8 Å². The zero-order valence-electron chi connectivity index (χ0n) is 15.4. The van der Waals surface area contributed by atoms with Crippen LogP contribution >= 0.6 is 0 Å². The maximum absolute atomic E-state index is 12.4. The molecule has 1 aliphatic carbocycles. The molecule has 0 unspecified atom stereocenters. The van der Waals surface area contributed by atoms with Crippen LogP contribution in [0.5, 0.6) is 0 Å². The van der Waals surface area contributed by atoms with E-state index < -0.39 is 0 Å². The van der Waals surface area contributed by atoms with Crippen molar-refractivity contribution in [2.45, 2.75) is 71.4 Å². The minimum absolute atomic E-state index is 0.00600.